The van der Waals surface area contributed by atoms with Crippen molar-refractivity contribution in [1.82, 2.24) is 10.3 Å². The highest BCUT2D eigenvalue weighted by atomic mass is 32.1. The van der Waals surface area contributed by atoms with E-state index < -0.39 is 0 Å². The number of thiazole rings is 1. The van der Waals surface area contributed by atoms with Crippen LogP contribution in [0.1, 0.15) is 17.1 Å². The normalized spacial score (nSPS) is 10.1. The van der Waals surface area contributed by atoms with Crippen molar-refractivity contribution in [3.8, 4) is 0 Å². The topological polar surface area (TPSA) is 24.9 Å². The zero-order valence-corrected chi connectivity index (χ0v) is 8.16. The summed E-state index contributed by atoms with van der Waals surface area (Å²) in [6.45, 7) is 7.54. The van der Waals surface area contributed by atoms with Gasteiger partial charge in [-0.1, -0.05) is 6.08 Å². The fourth-order valence-corrected chi connectivity index (χ4v) is 1.52. The maximum absolute atomic E-state index is 4.34. The first-order valence-corrected chi connectivity index (χ1v) is 4.93. The molecule has 3 heteroatoms. The number of nitrogens with zero attached hydrogens (tertiary/aromatic N) is 1. The van der Waals surface area contributed by atoms with E-state index in [-0.39, 0.29) is 0 Å². The van der Waals surface area contributed by atoms with Crippen molar-refractivity contribution in [1.29, 1.82) is 0 Å². The Morgan fingerprint density at radius 2 is 2.58 bits per heavy atom. The van der Waals surface area contributed by atoms with Crippen LogP contribution in [0.2, 0.25) is 0 Å². The first kappa shape index (κ1) is 9.42. The van der Waals surface area contributed by atoms with Gasteiger partial charge in [-0.3, -0.25) is 0 Å². The third kappa shape index (κ3) is 3.15. The third-order valence-electron chi connectivity index (χ3n) is 1.50. The molecule has 0 fully saturated rings. The number of nitrogens with one attached hydrogen (secondary N) is 1. The van der Waals surface area contributed by atoms with Gasteiger partial charge < -0.3 is 5.32 Å². The zero-order chi connectivity index (χ0) is 8.81. The number of aromatic nitrogens is 1. The second-order valence-electron chi connectivity index (χ2n) is 2.61. The summed E-state index contributed by atoms with van der Waals surface area (Å²) >= 11 is 1.70. The molecular formula is C9H14N2S. The van der Waals surface area contributed by atoms with E-state index in [0.717, 1.165) is 30.2 Å². The Morgan fingerprint density at radius 1 is 1.75 bits per heavy atom. The van der Waals surface area contributed by atoms with Gasteiger partial charge in [0.05, 0.1) is 10.7 Å². The van der Waals surface area contributed by atoms with Gasteiger partial charge in [-0.2, -0.15) is 0 Å². The summed E-state index contributed by atoms with van der Waals surface area (Å²) in [5.74, 6) is 0. The first-order chi connectivity index (χ1) is 5.83. The molecular weight excluding hydrogens is 168 g/mol. The molecule has 2 nitrogen and oxygen atoms in total. The Morgan fingerprint density at radius 3 is 3.17 bits per heavy atom. The second kappa shape index (κ2) is 5.06. The summed E-state index contributed by atoms with van der Waals surface area (Å²) in [4.78, 5) is 4.34. The van der Waals surface area contributed by atoms with Crippen LogP contribution < -0.4 is 5.32 Å². The van der Waals surface area contributed by atoms with Crippen LogP contribution >= 0.6 is 11.3 Å². The molecule has 0 aliphatic heterocycles. The maximum Gasteiger partial charge on any atom is 0.0897 e. The summed E-state index contributed by atoms with van der Waals surface area (Å²) in [6.07, 6.45) is 2.93. The monoisotopic (exact) mass is 182 g/mol. The zero-order valence-electron chi connectivity index (χ0n) is 7.34. The lowest BCUT2D eigenvalue weighted by Crippen LogP contribution is -2.14. The van der Waals surface area contributed by atoms with E-state index >= 15 is 0 Å². The lowest BCUT2D eigenvalue weighted by Gasteiger charge is -1.98. The largest absolute Gasteiger partial charge is 0.311 e. The van der Waals surface area contributed by atoms with Crippen molar-refractivity contribution < 1.29 is 0 Å². The molecule has 0 amide bonds. The number of hydrogen-bond donors (Lipinski definition) is 1. The average molecular weight is 182 g/mol. The van der Waals surface area contributed by atoms with Gasteiger partial charge in [-0.25, -0.2) is 4.98 Å². The lowest BCUT2D eigenvalue weighted by molar-refractivity contribution is 0.685. The summed E-state index contributed by atoms with van der Waals surface area (Å²) in [5, 5.41) is 6.52. The number of rotatable bonds is 5. The van der Waals surface area contributed by atoms with Crippen molar-refractivity contribution in [2.45, 2.75) is 19.9 Å². The summed E-state index contributed by atoms with van der Waals surface area (Å²) in [6, 6.07) is 0. The Balaban J connectivity index is 2.19. The number of aryl methyl sites for hydroxylation is 1. The average Bonchev–Trinajstić information content (AvgIpc) is 2.45. The summed E-state index contributed by atoms with van der Waals surface area (Å²) in [7, 11) is 0. The van der Waals surface area contributed by atoms with Crippen LogP contribution in [0, 0.1) is 6.92 Å². The molecule has 0 unspecified atom stereocenters. The van der Waals surface area contributed by atoms with Crippen LogP contribution in [0.5, 0.6) is 0 Å². The fourth-order valence-electron chi connectivity index (χ4n) is 0.910. The van der Waals surface area contributed by atoms with Crippen LogP contribution in [-0.2, 0) is 6.54 Å². The van der Waals surface area contributed by atoms with Gasteiger partial charge in [0, 0.05) is 11.9 Å². The molecule has 66 valence electrons. The van der Waals surface area contributed by atoms with Crippen LogP contribution in [0.3, 0.4) is 0 Å². The SMILES string of the molecule is C=CCCNCc1csc(C)n1. The van der Waals surface area contributed by atoms with E-state index in [0.29, 0.717) is 0 Å². The van der Waals surface area contributed by atoms with Crippen LogP contribution in [-0.4, -0.2) is 11.5 Å². The molecule has 1 heterocycles. The molecule has 1 aromatic heterocycles. The van der Waals surface area contributed by atoms with Crippen LogP contribution in [0.25, 0.3) is 0 Å². The number of hydrogen-bond acceptors (Lipinski definition) is 3. The lowest BCUT2D eigenvalue weighted by atomic mass is 10.4. The van der Waals surface area contributed by atoms with Gasteiger partial charge in [0.1, 0.15) is 0 Å². The maximum atomic E-state index is 4.34. The fraction of sp³-hybridized carbons (Fsp3) is 0.444. The van der Waals surface area contributed by atoms with Gasteiger partial charge in [-0.15, -0.1) is 17.9 Å². The van der Waals surface area contributed by atoms with Crippen LogP contribution in [0.4, 0.5) is 0 Å². The molecule has 0 radical (unpaired) electrons. The molecule has 0 saturated heterocycles. The quantitative estimate of drug-likeness (QED) is 0.557. The van der Waals surface area contributed by atoms with Crippen molar-refractivity contribution >= 4 is 11.3 Å². The Kier molecular flexibility index (Phi) is 3.97. The molecule has 0 aliphatic rings. The first-order valence-electron chi connectivity index (χ1n) is 4.05. The minimum Gasteiger partial charge on any atom is -0.311 e. The Hall–Kier alpha value is -0.670. The van der Waals surface area contributed by atoms with Crippen molar-refractivity contribution in [3.05, 3.63) is 28.7 Å². The van der Waals surface area contributed by atoms with Crippen molar-refractivity contribution in [2.75, 3.05) is 6.54 Å². The Bertz CT molecular complexity index is 242. The highest BCUT2D eigenvalue weighted by Gasteiger charge is 1.95. The molecule has 0 bridgehead atoms. The van der Waals surface area contributed by atoms with Crippen molar-refractivity contribution in [3.63, 3.8) is 0 Å². The molecule has 1 aromatic rings. The molecule has 1 rings (SSSR count). The predicted molar refractivity (Wildman–Crippen MR) is 53.4 cm³/mol. The molecule has 0 spiro atoms. The van der Waals surface area contributed by atoms with Gasteiger partial charge in [0.2, 0.25) is 0 Å². The van der Waals surface area contributed by atoms with Gasteiger partial charge in [0.25, 0.3) is 0 Å². The van der Waals surface area contributed by atoms with E-state index in [1.165, 1.54) is 0 Å². The highest BCUT2D eigenvalue weighted by molar-refractivity contribution is 7.09. The molecule has 0 aromatic carbocycles. The van der Waals surface area contributed by atoms with Gasteiger partial charge >= 0.3 is 0 Å². The molecule has 0 saturated carbocycles. The van der Waals surface area contributed by atoms with Crippen molar-refractivity contribution in [2.24, 2.45) is 0 Å². The molecule has 0 aliphatic carbocycles. The summed E-state index contributed by atoms with van der Waals surface area (Å²) < 4.78 is 0. The third-order valence-corrected chi connectivity index (χ3v) is 2.32. The van der Waals surface area contributed by atoms with E-state index in [9.17, 15) is 0 Å². The second-order valence-corrected chi connectivity index (χ2v) is 3.67. The minimum absolute atomic E-state index is 0.873. The van der Waals surface area contributed by atoms with E-state index in [2.05, 4.69) is 22.3 Å². The van der Waals surface area contributed by atoms with Crippen LogP contribution in [0.15, 0.2) is 18.0 Å². The molecule has 12 heavy (non-hydrogen) atoms. The predicted octanol–water partition coefficient (Wildman–Crippen LogP) is 2.12. The molecule has 0 atom stereocenters. The van der Waals surface area contributed by atoms with E-state index in [4.69, 9.17) is 0 Å². The van der Waals surface area contributed by atoms with Gasteiger partial charge in [0.15, 0.2) is 0 Å². The minimum atomic E-state index is 0.873. The highest BCUT2D eigenvalue weighted by Crippen LogP contribution is 2.06. The summed E-state index contributed by atoms with van der Waals surface area (Å²) in [5.41, 5.74) is 1.14. The van der Waals surface area contributed by atoms with E-state index in [1.54, 1.807) is 11.3 Å². The standard InChI is InChI=1S/C9H14N2S/c1-3-4-5-10-6-9-7-12-8(2)11-9/h3,7,10H,1,4-6H2,2H3. The van der Waals surface area contributed by atoms with Gasteiger partial charge in [-0.05, 0) is 19.9 Å². The molecule has 1 N–H and O–H groups in total. The smallest absolute Gasteiger partial charge is 0.0897 e. The van der Waals surface area contributed by atoms with E-state index in [1.807, 2.05) is 13.0 Å². The Labute approximate surface area is 77.3 Å².